The van der Waals surface area contributed by atoms with E-state index in [2.05, 4.69) is 15.2 Å². The van der Waals surface area contributed by atoms with Crippen molar-refractivity contribution in [3.63, 3.8) is 0 Å². The summed E-state index contributed by atoms with van der Waals surface area (Å²) in [5.74, 6) is 0.553. The third-order valence-electron chi connectivity index (χ3n) is 2.07. The molecule has 2 rings (SSSR count). The third-order valence-corrected chi connectivity index (χ3v) is 2.07. The Kier molecular flexibility index (Phi) is 2.95. The van der Waals surface area contributed by atoms with Crippen LogP contribution in [-0.4, -0.2) is 21.8 Å². The second kappa shape index (κ2) is 4.57. The first-order valence-electron chi connectivity index (χ1n) is 4.94. The van der Waals surface area contributed by atoms with Gasteiger partial charge in [0.1, 0.15) is 0 Å². The molecule has 0 bridgehead atoms. The maximum Gasteiger partial charge on any atom is 0.272 e. The van der Waals surface area contributed by atoms with E-state index >= 15 is 0 Å². The van der Waals surface area contributed by atoms with Gasteiger partial charge in [0, 0.05) is 24.0 Å². The Balaban J connectivity index is 2.35. The number of aromatic amines is 1. The molecule has 0 fully saturated rings. The molecule has 2 aromatic heterocycles. The Morgan fingerprint density at radius 1 is 1.38 bits per heavy atom. The molecule has 0 aliphatic rings. The summed E-state index contributed by atoms with van der Waals surface area (Å²) in [5, 5.41) is 6.01. The molecule has 82 valence electrons. The minimum Gasteiger partial charge on any atom is -0.478 e. The molecule has 5 nitrogen and oxygen atoms in total. The van der Waals surface area contributed by atoms with Gasteiger partial charge in [-0.05, 0) is 19.1 Å². The lowest BCUT2D eigenvalue weighted by atomic mass is 10.1. The first kappa shape index (κ1) is 10.4. The van der Waals surface area contributed by atoms with E-state index in [9.17, 15) is 4.79 Å². The highest BCUT2D eigenvalue weighted by molar-refractivity contribution is 5.60. The quantitative estimate of drug-likeness (QED) is 0.839. The van der Waals surface area contributed by atoms with Crippen molar-refractivity contribution in [2.45, 2.75) is 6.92 Å². The van der Waals surface area contributed by atoms with Crippen LogP contribution in [0.4, 0.5) is 0 Å². The first-order chi connectivity index (χ1) is 7.81. The fourth-order valence-electron chi connectivity index (χ4n) is 1.34. The van der Waals surface area contributed by atoms with Crippen LogP contribution < -0.4 is 10.3 Å². The summed E-state index contributed by atoms with van der Waals surface area (Å²) >= 11 is 0. The van der Waals surface area contributed by atoms with Crippen molar-refractivity contribution in [3.05, 3.63) is 40.9 Å². The highest BCUT2D eigenvalue weighted by Crippen LogP contribution is 2.15. The first-order valence-corrected chi connectivity index (χ1v) is 4.94. The predicted molar refractivity (Wildman–Crippen MR) is 59.3 cm³/mol. The SMILES string of the molecule is CCOc1ccc(-c2ccn[nH]c2=O)cn1. The molecule has 0 atom stereocenters. The standard InChI is InChI=1S/C11H11N3O2/c1-2-16-10-4-3-8(7-12-10)9-5-6-13-14-11(9)15/h3-7H,2H2,1H3,(H,14,15). The van der Waals surface area contributed by atoms with Crippen LogP contribution in [-0.2, 0) is 0 Å². The fourth-order valence-corrected chi connectivity index (χ4v) is 1.34. The van der Waals surface area contributed by atoms with Crippen molar-refractivity contribution in [2.75, 3.05) is 6.61 Å². The monoisotopic (exact) mass is 217 g/mol. The summed E-state index contributed by atoms with van der Waals surface area (Å²) in [5.41, 5.74) is 1.06. The second-order valence-electron chi connectivity index (χ2n) is 3.12. The van der Waals surface area contributed by atoms with Crippen LogP contribution in [0.2, 0.25) is 0 Å². The molecule has 0 aromatic carbocycles. The van der Waals surface area contributed by atoms with Gasteiger partial charge in [-0.3, -0.25) is 4.79 Å². The molecule has 0 spiro atoms. The van der Waals surface area contributed by atoms with Crippen LogP contribution >= 0.6 is 0 Å². The van der Waals surface area contributed by atoms with Crippen molar-refractivity contribution in [2.24, 2.45) is 0 Å². The van der Waals surface area contributed by atoms with Gasteiger partial charge in [0.25, 0.3) is 5.56 Å². The van der Waals surface area contributed by atoms with Gasteiger partial charge in [0.15, 0.2) is 0 Å². The second-order valence-corrected chi connectivity index (χ2v) is 3.12. The molecule has 0 saturated heterocycles. The molecule has 0 aliphatic heterocycles. The summed E-state index contributed by atoms with van der Waals surface area (Å²) in [6.45, 7) is 2.46. The Bertz CT molecular complexity index is 519. The topological polar surface area (TPSA) is 67.9 Å². The van der Waals surface area contributed by atoms with Crippen LogP contribution in [0.15, 0.2) is 35.4 Å². The van der Waals surface area contributed by atoms with Gasteiger partial charge in [0.2, 0.25) is 5.88 Å². The minimum absolute atomic E-state index is 0.228. The largest absolute Gasteiger partial charge is 0.478 e. The van der Waals surface area contributed by atoms with Crippen molar-refractivity contribution in [3.8, 4) is 17.0 Å². The third kappa shape index (κ3) is 2.08. The summed E-state index contributed by atoms with van der Waals surface area (Å²) in [6, 6.07) is 5.18. The molecule has 5 heteroatoms. The van der Waals surface area contributed by atoms with E-state index in [1.807, 2.05) is 6.92 Å². The lowest BCUT2D eigenvalue weighted by molar-refractivity contribution is 0.327. The van der Waals surface area contributed by atoms with Gasteiger partial charge < -0.3 is 4.74 Å². The lowest BCUT2D eigenvalue weighted by Gasteiger charge is -2.02. The summed E-state index contributed by atoms with van der Waals surface area (Å²) in [4.78, 5) is 15.5. The number of hydrogen-bond donors (Lipinski definition) is 1. The van der Waals surface area contributed by atoms with Crippen molar-refractivity contribution in [1.82, 2.24) is 15.2 Å². The van der Waals surface area contributed by atoms with Crippen LogP contribution in [0.1, 0.15) is 6.92 Å². The van der Waals surface area contributed by atoms with Gasteiger partial charge in [0.05, 0.1) is 12.2 Å². The van der Waals surface area contributed by atoms with Gasteiger partial charge in [-0.1, -0.05) is 0 Å². The van der Waals surface area contributed by atoms with Gasteiger partial charge in [-0.15, -0.1) is 0 Å². The van der Waals surface area contributed by atoms with E-state index in [-0.39, 0.29) is 5.56 Å². The molecule has 0 amide bonds. The van der Waals surface area contributed by atoms with Gasteiger partial charge >= 0.3 is 0 Å². The number of rotatable bonds is 3. The lowest BCUT2D eigenvalue weighted by Crippen LogP contribution is -2.09. The van der Waals surface area contributed by atoms with Crippen molar-refractivity contribution in [1.29, 1.82) is 0 Å². The van der Waals surface area contributed by atoms with Crippen LogP contribution in [0.25, 0.3) is 11.1 Å². The maximum atomic E-state index is 11.5. The average Bonchev–Trinajstić information content (AvgIpc) is 2.31. The molecule has 16 heavy (non-hydrogen) atoms. The zero-order valence-corrected chi connectivity index (χ0v) is 8.80. The maximum absolute atomic E-state index is 11.5. The molecule has 0 radical (unpaired) electrons. The number of aromatic nitrogens is 3. The normalized spacial score (nSPS) is 10.1. The molecular formula is C11H11N3O2. The zero-order valence-electron chi connectivity index (χ0n) is 8.80. The molecule has 2 aromatic rings. The van der Waals surface area contributed by atoms with Crippen LogP contribution in [0.5, 0.6) is 5.88 Å². The number of nitrogens with zero attached hydrogens (tertiary/aromatic N) is 2. The molecule has 0 saturated carbocycles. The van der Waals surface area contributed by atoms with Gasteiger partial charge in [-0.25, -0.2) is 10.1 Å². The van der Waals surface area contributed by atoms with E-state index in [4.69, 9.17) is 4.74 Å². The molecular weight excluding hydrogens is 206 g/mol. The molecule has 0 unspecified atom stereocenters. The van der Waals surface area contributed by atoms with E-state index in [1.54, 1.807) is 24.4 Å². The van der Waals surface area contributed by atoms with Crippen molar-refractivity contribution < 1.29 is 4.74 Å². The van der Waals surface area contributed by atoms with E-state index in [1.165, 1.54) is 6.20 Å². The Morgan fingerprint density at radius 3 is 2.88 bits per heavy atom. The number of nitrogens with one attached hydrogen (secondary N) is 1. The number of pyridine rings is 1. The van der Waals surface area contributed by atoms with Crippen LogP contribution in [0.3, 0.4) is 0 Å². The van der Waals surface area contributed by atoms with E-state index in [0.29, 0.717) is 18.1 Å². The van der Waals surface area contributed by atoms with Crippen LogP contribution in [0, 0.1) is 0 Å². The molecule has 0 aliphatic carbocycles. The molecule has 2 heterocycles. The van der Waals surface area contributed by atoms with E-state index in [0.717, 1.165) is 5.56 Å². The Labute approximate surface area is 92.1 Å². The number of H-pyrrole nitrogens is 1. The molecule has 1 N–H and O–H groups in total. The van der Waals surface area contributed by atoms with Gasteiger partial charge in [-0.2, -0.15) is 5.10 Å². The zero-order chi connectivity index (χ0) is 11.4. The summed E-state index contributed by atoms with van der Waals surface area (Å²) in [6.07, 6.45) is 3.14. The fraction of sp³-hybridized carbons (Fsp3) is 0.182. The minimum atomic E-state index is -0.228. The van der Waals surface area contributed by atoms with E-state index < -0.39 is 0 Å². The van der Waals surface area contributed by atoms with Crippen molar-refractivity contribution >= 4 is 0 Å². The smallest absolute Gasteiger partial charge is 0.272 e. The average molecular weight is 217 g/mol. The Morgan fingerprint density at radius 2 is 2.25 bits per heavy atom. The predicted octanol–water partition coefficient (Wildman–Crippen LogP) is 1.23. The summed E-state index contributed by atoms with van der Waals surface area (Å²) < 4.78 is 5.22. The number of ether oxygens (including phenoxy) is 1. The highest BCUT2D eigenvalue weighted by Gasteiger charge is 2.03. The number of hydrogen-bond acceptors (Lipinski definition) is 4. The highest BCUT2D eigenvalue weighted by atomic mass is 16.5. The summed E-state index contributed by atoms with van der Waals surface area (Å²) in [7, 11) is 0. The Hall–Kier alpha value is -2.17.